The maximum absolute atomic E-state index is 13.5. The highest BCUT2D eigenvalue weighted by Crippen LogP contribution is 2.34. The number of hydrogen-bond donors (Lipinski definition) is 1. The van der Waals surface area contributed by atoms with E-state index in [0.717, 1.165) is 17.7 Å². The summed E-state index contributed by atoms with van der Waals surface area (Å²) in [4.78, 5) is 28.6. The second-order valence-electron chi connectivity index (χ2n) is 8.82. The zero-order valence-electron chi connectivity index (χ0n) is 20.8. The summed E-state index contributed by atoms with van der Waals surface area (Å²) in [5, 5.41) is 2.98. The van der Waals surface area contributed by atoms with Crippen LogP contribution in [-0.4, -0.2) is 39.0 Å². The van der Waals surface area contributed by atoms with E-state index in [9.17, 15) is 14.0 Å². The van der Waals surface area contributed by atoms with Crippen LogP contribution in [0.4, 0.5) is 15.8 Å². The van der Waals surface area contributed by atoms with Crippen molar-refractivity contribution in [1.29, 1.82) is 0 Å². The van der Waals surface area contributed by atoms with E-state index in [2.05, 4.69) is 17.1 Å². The monoisotopic (exact) mass is 490 g/mol. The largest absolute Gasteiger partial charge is 0.497 e. The molecule has 1 amide bonds. The van der Waals surface area contributed by atoms with Gasteiger partial charge in [0, 0.05) is 30.6 Å². The van der Waals surface area contributed by atoms with E-state index in [1.54, 1.807) is 44.6 Å². The second kappa shape index (κ2) is 11.2. The van der Waals surface area contributed by atoms with E-state index >= 15 is 0 Å². The van der Waals surface area contributed by atoms with Gasteiger partial charge in [-0.25, -0.2) is 4.39 Å². The number of amides is 1. The number of carbonyl (C=O) groups is 2. The zero-order valence-corrected chi connectivity index (χ0v) is 20.8. The first-order valence-corrected chi connectivity index (χ1v) is 12.1. The number of piperidine rings is 1. The molecule has 1 aliphatic heterocycles. The minimum atomic E-state index is -0.352. The number of nitrogens with zero attached hydrogens (tertiary/aromatic N) is 1. The van der Waals surface area contributed by atoms with Crippen LogP contribution in [0.2, 0.25) is 0 Å². The number of hydrogen-bond acceptors (Lipinski definition) is 5. The Hall–Kier alpha value is -3.87. The van der Waals surface area contributed by atoms with Gasteiger partial charge in [0.05, 0.1) is 31.2 Å². The lowest BCUT2D eigenvalue weighted by Gasteiger charge is -2.35. The van der Waals surface area contributed by atoms with Gasteiger partial charge in [0.1, 0.15) is 17.3 Å². The number of ether oxygens (including phenoxy) is 2. The third-order valence-corrected chi connectivity index (χ3v) is 6.71. The Labute approximate surface area is 211 Å². The van der Waals surface area contributed by atoms with Crippen molar-refractivity contribution in [3.63, 3.8) is 0 Å². The minimum absolute atomic E-state index is 0.0431. The van der Waals surface area contributed by atoms with Crippen LogP contribution in [0.5, 0.6) is 11.5 Å². The van der Waals surface area contributed by atoms with Gasteiger partial charge in [-0.2, -0.15) is 0 Å². The van der Waals surface area contributed by atoms with Gasteiger partial charge in [-0.05, 0) is 67.3 Å². The number of halogens is 1. The van der Waals surface area contributed by atoms with Gasteiger partial charge < -0.3 is 19.7 Å². The van der Waals surface area contributed by atoms with Gasteiger partial charge in [-0.1, -0.05) is 19.1 Å². The van der Waals surface area contributed by atoms with Crippen LogP contribution in [0.1, 0.15) is 46.0 Å². The van der Waals surface area contributed by atoms with Crippen molar-refractivity contribution < 1.29 is 23.5 Å². The molecular formula is C29H31FN2O4. The molecule has 0 saturated carbocycles. The number of carbonyl (C=O) groups excluding carboxylic acids is 2. The molecule has 3 aromatic rings. The van der Waals surface area contributed by atoms with Gasteiger partial charge in [-0.3, -0.25) is 9.59 Å². The maximum Gasteiger partial charge on any atom is 0.257 e. The van der Waals surface area contributed by atoms with Crippen molar-refractivity contribution in [1.82, 2.24) is 0 Å². The molecule has 0 spiro atoms. The van der Waals surface area contributed by atoms with E-state index in [1.165, 1.54) is 12.1 Å². The molecule has 6 nitrogen and oxygen atoms in total. The molecule has 0 bridgehead atoms. The first kappa shape index (κ1) is 25.2. The Morgan fingerprint density at radius 1 is 1.00 bits per heavy atom. The predicted octanol–water partition coefficient (Wildman–Crippen LogP) is 5.76. The Bertz CT molecular complexity index is 1230. The fourth-order valence-electron chi connectivity index (χ4n) is 4.75. The minimum Gasteiger partial charge on any atom is -0.497 e. The van der Waals surface area contributed by atoms with Crippen LogP contribution in [0.3, 0.4) is 0 Å². The first-order chi connectivity index (χ1) is 17.4. The lowest BCUT2D eigenvalue weighted by atomic mass is 9.88. The van der Waals surface area contributed by atoms with Crippen molar-refractivity contribution in [2.24, 2.45) is 5.92 Å². The molecule has 4 rings (SSSR count). The van der Waals surface area contributed by atoms with Gasteiger partial charge in [0.25, 0.3) is 5.91 Å². The molecule has 1 heterocycles. The molecule has 1 saturated heterocycles. The Morgan fingerprint density at radius 3 is 2.36 bits per heavy atom. The number of methoxy groups -OCH3 is 2. The standard InChI is InChI=1S/C29H31FN2O4/c1-4-19-6-5-7-24(29(34)31-25-18-23(35-2)12-13-26(25)36-3)27(19)32-16-14-21(15-17-32)28(33)20-8-10-22(30)11-9-20/h5-13,18,21H,4,14-17H2,1-3H3,(H,31,34). The highest BCUT2D eigenvalue weighted by molar-refractivity contribution is 6.09. The molecule has 0 atom stereocenters. The molecular weight excluding hydrogens is 459 g/mol. The molecule has 7 heteroatoms. The summed E-state index contributed by atoms with van der Waals surface area (Å²) in [5.41, 5.74) is 3.60. The molecule has 0 unspecified atom stereocenters. The third kappa shape index (κ3) is 5.35. The predicted molar refractivity (Wildman–Crippen MR) is 139 cm³/mol. The SMILES string of the molecule is CCc1cccc(C(=O)Nc2cc(OC)ccc2OC)c1N1CCC(C(=O)c2ccc(F)cc2)CC1. The number of aryl methyl sites for hydroxylation is 1. The van der Waals surface area contributed by atoms with Crippen LogP contribution in [0.25, 0.3) is 0 Å². The van der Waals surface area contributed by atoms with Gasteiger partial charge in [0.2, 0.25) is 0 Å². The fraction of sp³-hybridized carbons (Fsp3) is 0.310. The third-order valence-electron chi connectivity index (χ3n) is 6.71. The number of benzene rings is 3. The first-order valence-electron chi connectivity index (χ1n) is 12.1. The molecule has 0 aliphatic carbocycles. The molecule has 188 valence electrons. The molecule has 3 aromatic carbocycles. The Kier molecular flexibility index (Phi) is 7.88. The van der Waals surface area contributed by atoms with Gasteiger partial charge >= 0.3 is 0 Å². The topological polar surface area (TPSA) is 67.9 Å². The second-order valence-corrected chi connectivity index (χ2v) is 8.82. The summed E-state index contributed by atoms with van der Waals surface area (Å²) >= 11 is 0. The number of rotatable bonds is 8. The molecule has 1 N–H and O–H groups in total. The van der Waals surface area contributed by atoms with Crippen LogP contribution in [0, 0.1) is 11.7 Å². The lowest BCUT2D eigenvalue weighted by molar-refractivity contribution is 0.0899. The van der Waals surface area contributed by atoms with Crippen LogP contribution < -0.4 is 19.7 Å². The molecule has 36 heavy (non-hydrogen) atoms. The van der Waals surface area contributed by atoms with Crippen LogP contribution in [0.15, 0.2) is 60.7 Å². The quantitative estimate of drug-likeness (QED) is 0.407. The Morgan fingerprint density at radius 2 is 1.72 bits per heavy atom. The molecule has 1 aliphatic rings. The van der Waals surface area contributed by atoms with Crippen LogP contribution >= 0.6 is 0 Å². The molecule has 1 fully saturated rings. The summed E-state index contributed by atoms with van der Waals surface area (Å²) in [5.74, 6) is 0.477. The highest BCUT2D eigenvalue weighted by Gasteiger charge is 2.29. The van der Waals surface area contributed by atoms with Crippen molar-refractivity contribution in [2.45, 2.75) is 26.2 Å². The number of nitrogens with one attached hydrogen (secondary N) is 1. The summed E-state index contributed by atoms with van der Waals surface area (Å²) in [6.07, 6.45) is 2.10. The van der Waals surface area contributed by atoms with Crippen molar-refractivity contribution >= 4 is 23.1 Å². The molecule has 0 aromatic heterocycles. The maximum atomic E-state index is 13.5. The average molecular weight is 491 g/mol. The summed E-state index contributed by atoms with van der Waals surface area (Å²) in [7, 11) is 3.12. The van der Waals surface area contributed by atoms with E-state index in [0.29, 0.717) is 54.2 Å². The summed E-state index contributed by atoms with van der Waals surface area (Å²) < 4.78 is 24.0. The normalized spacial score (nSPS) is 13.8. The lowest BCUT2D eigenvalue weighted by Crippen LogP contribution is -2.38. The van der Waals surface area contributed by atoms with Crippen molar-refractivity contribution in [3.05, 3.63) is 83.2 Å². The summed E-state index contributed by atoms with van der Waals surface area (Å²) in [6, 6.07) is 16.7. The fourth-order valence-corrected chi connectivity index (χ4v) is 4.75. The smallest absolute Gasteiger partial charge is 0.257 e. The van der Waals surface area contributed by atoms with E-state index in [4.69, 9.17) is 9.47 Å². The van der Waals surface area contributed by atoms with Crippen molar-refractivity contribution in [2.75, 3.05) is 37.5 Å². The van der Waals surface area contributed by atoms with Gasteiger partial charge in [-0.15, -0.1) is 0 Å². The zero-order chi connectivity index (χ0) is 25.7. The molecule has 0 radical (unpaired) electrons. The Balaban J connectivity index is 1.55. The number of anilines is 2. The number of para-hydroxylation sites is 1. The average Bonchev–Trinajstić information content (AvgIpc) is 2.92. The van der Waals surface area contributed by atoms with E-state index in [-0.39, 0.29) is 23.4 Å². The highest BCUT2D eigenvalue weighted by atomic mass is 19.1. The van der Waals surface area contributed by atoms with Crippen LogP contribution in [-0.2, 0) is 6.42 Å². The van der Waals surface area contributed by atoms with Gasteiger partial charge in [0.15, 0.2) is 5.78 Å². The van der Waals surface area contributed by atoms with E-state index < -0.39 is 0 Å². The number of Topliss-reactive ketones (excluding diaryl/α,β-unsaturated/α-hetero) is 1. The number of ketones is 1. The van der Waals surface area contributed by atoms with Crippen molar-refractivity contribution in [3.8, 4) is 11.5 Å². The summed E-state index contributed by atoms with van der Waals surface area (Å²) in [6.45, 7) is 3.37. The van der Waals surface area contributed by atoms with E-state index in [1.807, 2.05) is 18.2 Å².